The van der Waals surface area contributed by atoms with Crippen molar-refractivity contribution >= 4 is 27.1 Å². The Bertz CT molecular complexity index is 918. The summed E-state index contributed by atoms with van der Waals surface area (Å²) in [4.78, 5) is 41.0. The summed E-state index contributed by atoms with van der Waals surface area (Å²) in [7, 11) is -3.68. The lowest BCUT2D eigenvalue weighted by Crippen LogP contribution is -2.22. The molecule has 0 saturated heterocycles. The van der Waals surface area contributed by atoms with E-state index in [0.29, 0.717) is 0 Å². The molecule has 1 heterocycles. The lowest BCUT2D eigenvalue weighted by Gasteiger charge is -2.11. The third kappa shape index (κ3) is 3.38. The average Bonchev–Trinajstić information content (AvgIpc) is 2.99. The summed E-state index contributed by atoms with van der Waals surface area (Å²) in [5.41, 5.74) is -1.04. The highest BCUT2D eigenvalue weighted by atomic mass is 32.2. The molecule has 0 saturated carbocycles. The molecule has 0 amide bonds. The second-order valence-electron chi connectivity index (χ2n) is 5.09. The molecule has 0 aliphatic heterocycles. The first-order valence-corrected chi connectivity index (χ1v) is 8.54. The third-order valence-electron chi connectivity index (χ3n) is 3.32. The van der Waals surface area contributed by atoms with Crippen molar-refractivity contribution in [3.63, 3.8) is 0 Å². The van der Waals surface area contributed by atoms with E-state index in [-0.39, 0.29) is 16.3 Å². The molecule has 0 radical (unpaired) electrons. The van der Waals surface area contributed by atoms with Gasteiger partial charge < -0.3 is 4.98 Å². The zero-order chi connectivity index (χ0) is 18.1. The monoisotopic (exact) mass is 351 g/mol. The van der Waals surface area contributed by atoms with E-state index in [1.54, 1.807) is 0 Å². The van der Waals surface area contributed by atoms with Gasteiger partial charge in [0.05, 0.1) is 15.4 Å². The highest BCUT2D eigenvalue weighted by Crippen LogP contribution is 2.28. The fraction of sp³-hybridized carbons (Fsp3) is 0.214. The van der Waals surface area contributed by atoms with Gasteiger partial charge in [-0.3, -0.25) is 19.7 Å². The smallest absolute Gasteiger partial charge is 0.281 e. The van der Waals surface area contributed by atoms with Gasteiger partial charge in [0.2, 0.25) is 0 Å². The number of nitrogens with one attached hydrogen (secondary N) is 1. The molecular formula is C14H13N3O6S. The van der Waals surface area contributed by atoms with Crippen molar-refractivity contribution in [1.29, 1.82) is 0 Å². The maximum atomic E-state index is 12.6. The molecule has 0 spiro atoms. The summed E-state index contributed by atoms with van der Waals surface area (Å²) < 4.78 is 23.1. The topological polar surface area (TPSA) is 140 Å². The fourth-order valence-corrected chi connectivity index (χ4v) is 2.83. The van der Waals surface area contributed by atoms with Gasteiger partial charge >= 0.3 is 0 Å². The Hall–Kier alpha value is -2.88. The summed E-state index contributed by atoms with van der Waals surface area (Å²) in [5.74, 6) is -2.64. The number of sulfone groups is 1. The first-order valence-electron chi connectivity index (χ1n) is 6.65. The average molecular weight is 351 g/mol. The molecule has 9 nitrogen and oxygen atoms in total. The number of imidazole rings is 1. The molecule has 1 aromatic carbocycles. The number of H-pyrrole nitrogens is 1. The molecule has 1 unspecified atom stereocenters. The number of ketones is 2. The normalized spacial score (nSPS) is 12.6. The fourth-order valence-electron chi connectivity index (χ4n) is 2.19. The number of benzene rings is 1. The van der Waals surface area contributed by atoms with Crippen LogP contribution in [0.1, 0.15) is 29.0 Å². The number of aromatic nitrogens is 2. The van der Waals surface area contributed by atoms with Crippen LogP contribution in [-0.2, 0) is 14.6 Å². The van der Waals surface area contributed by atoms with Crippen LogP contribution in [0.4, 0.5) is 5.69 Å². The van der Waals surface area contributed by atoms with E-state index in [1.807, 2.05) is 0 Å². The first-order chi connectivity index (χ1) is 11.1. The number of nitrogens with zero attached hydrogens (tertiary/aromatic N) is 2. The van der Waals surface area contributed by atoms with Crippen molar-refractivity contribution in [1.82, 2.24) is 9.97 Å². The zero-order valence-electron chi connectivity index (χ0n) is 12.7. The summed E-state index contributed by atoms with van der Waals surface area (Å²) >= 11 is 0. The molecular weight excluding hydrogens is 338 g/mol. The van der Waals surface area contributed by atoms with E-state index in [0.717, 1.165) is 24.5 Å². The largest absolute Gasteiger partial charge is 0.348 e. The van der Waals surface area contributed by atoms with Gasteiger partial charge in [-0.05, 0) is 19.1 Å². The predicted molar refractivity (Wildman–Crippen MR) is 82.5 cm³/mol. The zero-order valence-corrected chi connectivity index (χ0v) is 13.5. The number of rotatable bonds is 6. The molecule has 1 N–H and O–H groups in total. The van der Waals surface area contributed by atoms with Gasteiger partial charge in [0.1, 0.15) is 17.5 Å². The molecule has 0 bridgehead atoms. The number of nitro benzene ring substituents is 1. The Labute approximate surface area is 136 Å². The van der Waals surface area contributed by atoms with Gasteiger partial charge in [-0.2, -0.15) is 0 Å². The van der Waals surface area contributed by atoms with Gasteiger partial charge in [0, 0.05) is 24.7 Å². The predicted octanol–water partition coefficient (Wildman–Crippen LogP) is 1.28. The standard InChI is InChI=1S/C14H13N3O6S/c1-8(18)12(14-15-5-6-16-14)13(19)10-4-3-9(24(2,22)23)7-11(10)17(20)21/h3-7,12H,1-2H3,(H,15,16). The molecule has 1 atom stereocenters. The van der Waals surface area contributed by atoms with Crippen molar-refractivity contribution in [3.8, 4) is 0 Å². The van der Waals surface area contributed by atoms with Gasteiger partial charge in [-0.15, -0.1) is 0 Å². The van der Waals surface area contributed by atoms with Gasteiger partial charge in [0.25, 0.3) is 5.69 Å². The van der Waals surface area contributed by atoms with Crippen molar-refractivity contribution < 1.29 is 22.9 Å². The van der Waals surface area contributed by atoms with E-state index < -0.39 is 37.9 Å². The molecule has 0 fully saturated rings. The number of hydrogen-bond donors (Lipinski definition) is 1. The first kappa shape index (κ1) is 17.5. The quantitative estimate of drug-likeness (QED) is 0.358. The number of aromatic amines is 1. The van der Waals surface area contributed by atoms with Crippen LogP contribution in [0.2, 0.25) is 0 Å². The van der Waals surface area contributed by atoms with Crippen molar-refractivity contribution in [2.75, 3.05) is 6.26 Å². The minimum atomic E-state index is -3.68. The number of Topliss-reactive ketones (excluding diaryl/α,β-unsaturated/α-hetero) is 2. The summed E-state index contributed by atoms with van der Waals surface area (Å²) in [6, 6.07) is 2.94. The third-order valence-corrected chi connectivity index (χ3v) is 4.43. The van der Waals surface area contributed by atoms with Crippen molar-refractivity contribution in [3.05, 3.63) is 52.1 Å². The molecule has 126 valence electrons. The van der Waals surface area contributed by atoms with Crippen LogP contribution >= 0.6 is 0 Å². The number of hydrogen-bond acceptors (Lipinski definition) is 7. The molecule has 1 aromatic heterocycles. The van der Waals surface area contributed by atoms with Crippen molar-refractivity contribution in [2.24, 2.45) is 0 Å². The lowest BCUT2D eigenvalue weighted by atomic mass is 9.92. The minimum absolute atomic E-state index is 0.0639. The highest BCUT2D eigenvalue weighted by molar-refractivity contribution is 7.90. The Balaban J connectivity index is 2.60. The van der Waals surface area contributed by atoms with Gasteiger partial charge in [-0.1, -0.05) is 0 Å². The van der Waals surface area contributed by atoms with Gasteiger partial charge in [0.15, 0.2) is 15.6 Å². The van der Waals surface area contributed by atoms with E-state index in [4.69, 9.17) is 0 Å². The molecule has 24 heavy (non-hydrogen) atoms. The van der Waals surface area contributed by atoms with Crippen molar-refractivity contribution in [2.45, 2.75) is 17.7 Å². The molecule has 0 aliphatic carbocycles. The second kappa shape index (κ2) is 6.32. The lowest BCUT2D eigenvalue weighted by molar-refractivity contribution is -0.385. The van der Waals surface area contributed by atoms with E-state index in [9.17, 15) is 28.1 Å². The number of carbonyl (C=O) groups is 2. The highest BCUT2D eigenvalue weighted by Gasteiger charge is 2.33. The SMILES string of the molecule is CC(=O)C(C(=O)c1ccc(S(C)(=O)=O)cc1[N+](=O)[O-])c1ncc[nH]1. The van der Waals surface area contributed by atoms with E-state index >= 15 is 0 Å². The molecule has 2 aromatic rings. The molecule has 10 heteroatoms. The maximum absolute atomic E-state index is 12.6. The van der Waals surface area contributed by atoms with E-state index in [2.05, 4.69) is 9.97 Å². The van der Waals surface area contributed by atoms with Crippen LogP contribution in [0.5, 0.6) is 0 Å². The summed E-state index contributed by atoms with van der Waals surface area (Å²) in [5, 5.41) is 11.2. The van der Waals surface area contributed by atoms with Crippen LogP contribution in [0, 0.1) is 10.1 Å². The maximum Gasteiger partial charge on any atom is 0.281 e. The second-order valence-corrected chi connectivity index (χ2v) is 7.11. The number of carbonyl (C=O) groups excluding carboxylic acids is 2. The van der Waals surface area contributed by atoms with Crippen LogP contribution in [-0.4, -0.2) is 41.1 Å². The summed E-state index contributed by atoms with van der Waals surface area (Å²) in [6.45, 7) is 1.17. The van der Waals surface area contributed by atoms with Crippen LogP contribution in [0.15, 0.2) is 35.5 Å². The Morgan fingerprint density at radius 3 is 2.46 bits per heavy atom. The van der Waals surface area contributed by atoms with Crippen LogP contribution < -0.4 is 0 Å². The van der Waals surface area contributed by atoms with Crippen LogP contribution in [0.3, 0.4) is 0 Å². The Morgan fingerprint density at radius 1 is 1.33 bits per heavy atom. The van der Waals surface area contributed by atoms with Crippen LogP contribution in [0.25, 0.3) is 0 Å². The number of nitro groups is 1. The van der Waals surface area contributed by atoms with Gasteiger partial charge in [-0.25, -0.2) is 13.4 Å². The molecule has 2 rings (SSSR count). The minimum Gasteiger partial charge on any atom is -0.348 e. The van der Waals surface area contributed by atoms with E-state index in [1.165, 1.54) is 19.3 Å². The molecule has 0 aliphatic rings. The Morgan fingerprint density at radius 2 is 2.00 bits per heavy atom. The Kier molecular flexibility index (Phi) is 4.60. The summed E-state index contributed by atoms with van der Waals surface area (Å²) in [6.07, 6.45) is 3.66.